The summed E-state index contributed by atoms with van der Waals surface area (Å²) in [6, 6.07) is 5.06. The lowest BCUT2D eigenvalue weighted by atomic mass is 9.96. The van der Waals surface area contributed by atoms with E-state index in [2.05, 4.69) is 0 Å². The quantitative estimate of drug-likeness (QED) is 0.855. The van der Waals surface area contributed by atoms with Crippen LogP contribution in [-0.4, -0.2) is 25.8 Å². The van der Waals surface area contributed by atoms with Crippen LogP contribution in [0.25, 0.3) is 0 Å². The molecule has 0 unspecified atom stereocenters. The summed E-state index contributed by atoms with van der Waals surface area (Å²) in [4.78, 5) is 0.288. The number of aryl methyl sites for hydroxylation is 1. The molecule has 0 heterocycles. The number of sulfonamides is 1. The molecule has 0 spiro atoms. The first-order valence-corrected chi connectivity index (χ1v) is 8.49. The van der Waals surface area contributed by atoms with E-state index in [0.29, 0.717) is 5.02 Å². The maximum absolute atomic E-state index is 12.6. The number of nitrogens with zero attached hydrogens (tertiary/aromatic N) is 1. The molecule has 0 N–H and O–H groups in total. The van der Waals surface area contributed by atoms with Gasteiger partial charge < -0.3 is 0 Å². The molecule has 19 heavy (non-hydrogen) atoms. The Morgan fingerprint density at radius 3 is 2.42 bits per heavy atom. The van der Waals surface area contributed by atoms with Gasteiger partial charge in [0.25, 0.3) is 0 Å². The molecule has 1 aliphatic carbocycles. The Bertz CT molecular complexity index is 551. The minimum Gasteiger partial charge on any atom is -0.207 e. The highest BCUT2D eigenvalue weighted by molar-refractivity contribution is 7.89. The van der Waals surface area contributed by atoms with Gasteiger partial charge in [-0.3, -0.25) is 0 Å². The van der Waals surface area contributed by atoms with Crippen LogP contribution < -0.4 is 0 Å². The Morgan fingerprint density at radius 1 is 1.21 bits per heavy atom. The molecule has 0 radical (unpaired) electrons. The Balaban J connectivity index is 2.27. The minimum atomic E-state index is -3.43. The summed E-state index contributed by atoms with van der Waals surface area (Å²) in [6.07, 6.45) is 5.34. The van der Waals surface area contributed by atoms with Crippen molar-refractivity contribution >= 4 is 21.6 Å². The van der Waals surface area contributed by atoms with Crippen LogP contribution in [0.2, 0.25) is 5.02 Å². The third kappa shape index (κ3) is 3.12. The number of hydrogen-bond donors (Lipinski definition) is 0. The van der Waals surface area contributed by atoms with Crippen LogP contribution in [0.15, 0.2) is 23.1 Å². The third-order valence-electron chi connectivity index (χ3n) is 3.91. The lowest BCUT2D eigenvalue weighted by Crippen LogP contribution is -2.38. The fourth-order valence-electron chi connectivity index (χ4n) is 2.54. The number of benzene rings is 1. The van der Waals surface area contributed by atoms with Crippen LogP contribution in [0.5, 0.6) is 0 Å². The zero-order valence-electron chi connectivity index (χ0n) is 11.4. The molecule has 1 aliphatic rings. The van der Waals surface area contributed by atoms with Gasteiger partial charge in [0.2, 0.25) is 10.0 Å². The highest BCUT2D eigenvalue weighted by Gasteiger charge is 2.29. The Labute approximate surface area is 120 Å². The van der Waals surface area contributed by atoms with E-state index in [0.717, 1.165) is 31.2 Å². The molecule has 0 saturated heterocycles. The first-order valence-electron chi connectivity index (χ1n) is 6.67. The van der Waals surface area contributed by atoms with Crippen LogP contribution in [0, 0.1) is 6.92 Å². The van der Waals surface area contributed by atoms with Gasteiger partial charge in [0.15, 0.2) is 0 Å². The normalized spacial score (nSPS) is 17.9. The van der Waals surface area contributed by atoms with E-state index in [1.54, 1.807) is 25.2 Å². The summed E-state index contributed by atoms with van der Waals surface area (Å²) in [5.41, 5.74) is 0.890. The first kappa shape index (κ1) is 14.8. The van der Waals surface area contributed by atoms with Crippen molar-refractivity contribution in [3.8, 4) is 0 Å². The molecule has 0 atom stereocenters. The van der Waals surface area contributed by atoms with Gasteiger partial charge in [0, 0.05) is 18.1 Å². The van der Waals surface area contributed by atoms with E-state index in [9.17, 15) is 8.42 Å². The van der Waals surface area contributed by atoms with Crippen molar-refractivity contribution in [2.45, 2.75) is 50.0 Å². The Morgan fingerprint density at radius 2 is 1.84 bits per heavy atom. The van der Waals surface area contributed by atoms with E-state index in [1.807, 2.05) is 6.92 Å². The maximum Gasteiger partial charge on any atom is 0.243 e. The fourth-order valence-corrected chi connectivity index (χ4v) is 4.23. The molecule has 0 aliphatic heterocycles. The predicted octanol–water partition coefficient (Wildman–Crippen LogP) is 3.60. The van der Waals surface area contributed by atoms with E-state index >= 15 is 0 Å². The summed E-state index contributed by atoms with van der Waals surface area (Å²) in [6.45, 7) is 1.86. The molecule has 3 nitrogen and oxygen atoms in total. The highest BCUT2D eigenvalue weighted by atomic mass is 35.5. The molecule has 2 rings (SSSR count). The first-order chi connectivity index (χ1) is 8.93. The standard InChI is InChI=1S/C14H20ClNO2S/c1-11-8-9-13(10-14(11)15)19(17,18)16(2)12-6-4-3-5-7-12/h8-10,12H,3-7H2,1-2H3. The van der Waals surface area contributed by atoms with Crippen molar-refractivity contribution < 1.29 is 8.42 Å². The van der Waals surface area contributed by atoms with Gasteiger partial charge in [-0.25, -0.2) is 8.42 Å². The molecule has 0 amide bonds. The molecule has 1 aromatic carbocycles. The van der Waals surface area contributed by atoms with Crippen LogP contribution in [0.1, 0.15) is 37.7 Å². The van der Waals surface area contributed by atoms with Gasteiger partial charge in [0.05, 0.1) is 4.90 Å². The van der Waals surface area contributed by atoms with E-state index in [4.69, 9.17) is 11.6 Å². The molecule has 0 aromatic heterocycles. The van der Waals surface area contributed by atoms with Gasteiger partial charge in [-0.1, -0.05) is 36.9 Å². The Kier molecular flexibility index (Phi) is 4.54. The van der Waals surface area contributed by atoms with Crippen molar-refractivity contribution in [2.75, 3.05) is 7.05 Å². The molecule has 1 saturated carbocycles. The van der Waals surface area contributed by atoms with Crippen molar-refractivity contribution in [1.29, 1.82) is 0 Å². The zero-order chi connectivity index (χ0) is 14.0. The van der Waals surface area contributed by atoms with E-state index < -0.39 is 10.0 Å². The summed E-state index contributed by atoms with van der Waals surface area (Å²) in [7, 11) is -1.75. The van der Waals surface area contributed by atoms with Gasteiger partial charge in [-0.05, 0) is 37.5 Å². The third-order valence-corrected chi connectivity index (χ3v) is 6.22. The summed E-state index contributed by atoms with van der Waals surface area (Å²) < 4.78 is 26.6. The Hall–Kier alpha value is -0.580. The molecule has 106 valence electrons. The summed E-state index contributed by atoms with van der Waals surface area (Å²) in [5.74, 6) is 0. The number of rotatable bonds is 3. The van der Waals surface area contributed by atoms with Crippen molar-refractivity contribution in [3.05, 3.63) is 28.8 Å². The SMILES string of the molecule is Cc1ccc(S(=O)(=O)N(C)C2CCCCC2)cc1Cl. The highest BCUT2D eigenvalue weighted by Crippen LogP contribution is 2.28. The second-order valence-corrected chi connectivity index (χ2v) is 7.63. The fraction of sp³-hybridized carbons (Fsp3) is 0.571. The average Bonchev–Trinajstić information content (AvgIpc) is 2.41. The van der Waals surface area contributed by atoms with Crippen molar-refractivity contribution in [2.24, 2.45) is 0 Å². The predicted molar refractivity (Wildman–Crippen MR) is 78.0 cm³/mol. The number of hydrogen-bond acceptors (Lipinski definition) is 2. The summed E-state index contributed by atoms with van der Waals surface area (Å²) in [5, 5.41) is 0.498. The van der Waals surface area contributed by atoms with Gasteiger partial charge in [-0.15, -0.1) is 0 Å². The van der Waals surface area contributed by atoms with Crippen molar-refractivity contribution in [3.63, 3.8) is 0 Å². The van der Waals surface area contributed by atoms with E-state index in [-0.39, 0.29) is 10.9 Å². The lowest BCUT2D eigenvalue weighted by molar-refractivity contribution is 0.286. The topological polar surface area (TPSA) is 37.4 Å². The lowest BCUT2D eigenvalue weighted by Gasteiger charge is -2.30. The molecule has 5 heteroatoms. The van der Waals surface area contributed by atoms with Crippen LogP contribution >= 0.6 is 11.6 Å². The monoisotopic (exact) mass is 301 g/mol. The number of halogens is 1. The van der Waals surface area contributed by atoms with Gasteiger partial charge in [0.1, 0.15) is 0 Å². The zero-order valence-corrected chi connectivity index (χ0v) is 13.0. The smallest absolute Gasteiger partial charge is 0.207 e. The maximum atomic E-state index is 12.6. The van der Waals surface area contributed by atoms with Crippen LogP contribution in [0.3, 0.4) is 0 Å². The molecule has 1 fully saturated rings. The molecule has 0 bridgehead atoms. The second kappa shape index (κ2) is 5.81. The largest absolute Gasteiger partial charge is 0.243 e. The van der Waals surface area contributed by atoms with Gasteiger partial charge >= 0.3 is 0 Å². The van der Waals surface area contributed by atoms with Crippen LogP contribution in [0.4, 0.5) is 0 Å². The van der Waals surface area contributed by atoms with Crippen molar-refractivity contribution in [1.82, 2.24) is 4.31 Å². The molecule has 1 aromatic rings. The second-order valence-electron chi connectivity index (χ2n) is 5.22. The molecular weight excluding hydrogens is 282 g/mol. The average molecular weight is 302 g/mol. The molecular formula is C14H20ClNO2S. The summed E-state index contributed by atoms with van der Waals surface area (Å²) >= 11 is 6.03. The van der Waals surface area contributed by atoms with Gasteiger partial charge in [-0.2, -0.15) is 4.31 Å². The minimum absolute atomic E-state index is 0.124. The van der Waals surface area contributed by atoms with E-state index in [1.165, 1.54) is 10.7 Å². The van der Waals surface area contributed by atoms with Crippen LogP contribution in [-0.2, 0) is 10.0 Å².